The molecule has 0 spiro atoms. The van der Waals surface area contributed by atoms with E-state index in [1.54, 1.807) is 6.26 Å². The first-order valence-corrected chi connectivity index (χ1v) is 7.91. The van der Waals surface area contributed by atoms with Crippen LogP contribution in [0, 0.1) is 6.92 Å². The number of carbonyl (C=O) groups excluding carboxylic acids is 1. The fourth-order valence-corrected chi connectivity index (χ4v) is 3.40. The van der Waals surface area contributed by atoms with Gasteiger partial charge in [-0.3, -0.25) is 4.79 Å². The van der Waals surface area contributed by atoms with Gasteiger partial charge >= 0.3 is 0 Å². The highest BCUT2D eigenvalue weighted by atomic mass is 16.3. The molecule has 3 rings (SSSR count). The summed E-state index contributed by atoms with van der Waals surface area (Å²) in [5, 5.41) is 0. The molecule has 0 N–H and O–H groups in total. The molecule has 0 saturated heterocycles. The maximum Gasteiger partial charge on any atom is 0.232 e. The van der Waals surface area contributed by atoms with Crippen LogP contribution in [-0.2, 0) is 23.2 Å². The molecule has 0 saturated carbocycles. The van der Waals surface area contributed by atoms with Gasteiger partial charge in [0.2, 0.25) is 5.91 Å². The van der Waals surface area contributed by atoms with Crippen LogP contribution < -0.4 is 0 Å². The normalized spacial score (nSPS) is 15.3. The number of hydrogen-bond acceptors (Lipinski definition) is 2. The van der Waals surface area contributed by atoms with Crippen LogP contribution in [-0.4, -0.2) is 17.4 Å². The minimum atomic E-state index is -0.514. The highest BCUT2D eigenvalue weighted by molar-refractivity contribution is 5.87. The first kappa shape index (κ1) is 14.9. The van der Waals surface area contributed by atoms with E-state index in [-0.39, 0.29) is 5.91 Å². The number of fused-ring (bicyclic) bond motifs is 1. The molecule has 0 unspecified atom stereocenters. The molecular formula is C19H23NO2. The monoisotopic (exact) mass is 297 g/mol. The zero-order chi connectivity index (χ0) is 15.7. The zero-order valence-electron chi connectivity index (χ0n) is 13.6. The number of nitrogens with zero attached hydrogens (tertiary/aromatic N) is 1. The number of aryl methyl sites for hydroxylation is 2. The van der Waals surface area contributed by atoms with Crippen LogP contribution in [0.3, 0.4) is 0 Å². The second-order valence-electron chi connectivity index (χ2n) is 6.64. The van der Waals surface area contributed by atoms with E-state index in [1.807, 2.05) is 36.9 Å². The second kappa shape index (κ2) is 5.64. The van der Waals surface area contributed by atoms with Crippen molar-refractivity contribution in [3.8, 4) is 0 Å². The minimum absolute atomic E-state index is 0.191. The Morgan fingerprint density at radius 1 is 1.23 bits per heavy atom. The summed E-state index contributed by atoms with van der Waals surface area (Å²) in [6.45, 7) is 7.57. The molecule has 116 valence electrons. The van der Waals surface area contributed by atoms with Crippen molar-refractivity contribution in [2.75, 3.05) is 6.54 Å². The van der Waals surface area contributed by atoms with Crippen LogP contribution in [0.15, 0.2) is 41.0 Å². The van der Waals surface area contributed by atoms with Crippen molar-refractivity contribution in [3.63, 3.8) is 0 Å². The SMILES string of the molecule is Cc1ccccc1C(C)(C)C(=O)N1CCCc2occc2C1. The molecule has 1 aromatic carbocycles. The van der Waals surface area contributed by atoms with E-state index < -0.39 is 5.41 Å². The molecule has 1 aromatic heterocycles. The molecule has 0 fully saturated rings. The van der Waals surface area contributed by atoms with E-state index in [9.17, 15) is 4.79 Å². The van der Waals surface area contributed by atoms with E-state index >= 15 is 0 Å². The first-order valence-electron chi connectivity index (χ1n) is 7.91. The Hall–Kier alpha value is -2.03. The number of hydrogen-bond donors (Lipinski definition) is 0. The van der Waals surface area contributed by atoms with Crippen molar-refractivity contribution in [2.24, 2.45) is 0 Å². The van der Waals surface area contributed by atoms with Gasteiger partial charge in [0.25, 0.3) is 0 Å². The molecule has 2 heterocycles. The topological polar surface area (TPSA) is 33.5 Å². The summed E-state index contributed by atoms with van der Waals surface area (Å²) in [7, 11) is 0. The summed E-state index contributed by atoms with van der Waals surface area (Å²) in [6, 6.07) is 10.1. The standard InChI is InChI=1S/C19H23NO2/c1-14-7-4-5-8-16(14)19(2,3)18(21)20-11-6-9-17-15(13-20)10-12-22-17/h4-5,7-8,10,12H,6,9,11,13H2,1-3H3. The minimum Gasteiger partial charge on any atom is -0.469 e. The van der Waals surface area contributed by atoms with E-state index in [1.165, 1.54) is 5.56 Å². The summed E-state index contributed by atoms with van der Waals surface area (Å²) in [4.78, 5) is 15.1. The third-order valence-electron chi connectivity index (χ3n) is 4.67. The van der Waals surface area contributed by atoms with E-state index in [2.05, 4.69) is 19.1 Å². The lowest BCUT2D eigenvalue weighted by molar-refractivity contribution is -0.136. The number of amides is 1. The van der Waals surface area contributed by atoms with E-state index in [0.29, 0.717) is 6.54 Å². The Labute approximate surface area is 131 Å². The molecular weight excluding hydrogens is 274 g/mol. The third kappa shape index (κ3) is 2.56. The Kier molecular flexibility index (Phi) is 3.81. The van der Waals surface area contributed by atoms with Crippen molar-refractivity contribution in [1.29, 1.82) is 0 Å². The number of furan rings is 1. The van der Waals surface area contributed by atoms with Gasteiger partial charge in [-0.2, -0.15) is 0 Å². The predicted molar refractivity (Wildman–Crippen MR) is 86.7 cm³/mol. The Morgan fingerprint density at radius 3 is 2.77 bits per heavy atom. The molecule has 2 aromatic rings. The molecule has 3 heteroatoms. The summed E-state index contributed by atoms with van der Waals surface area (Å²) < 4.78 is 5.52. The number of carbonyl (C=O) groups is 1. The van der Waals surface area contributed by atoms with Crippen LogP contribution in [0.25, 0.3) is 0 Å². The lowest BCUT2D eigenvalue weighted by atomic mass is 9.80. The number of benzene rings is 1. The van der Waals surface area contributed by atoms with Crippen molar-refractivity contribution in [2.45, 2.75) is 45.6 Å². The maximum atomic E-state index is 13.2. The largest absolute Gasteiger partial charge is 0.469 e. The Bertz CT molecular complexity index is 684. The highest BCUT2D eigenvalue weighted by Gasteiger charge is 2.35. The third-order valence-corrected chi connectivity index (χ3v) is 4.67. The van der Waals surface area contributed by atoms with Gasteiger partial charge in [0.15, 0.2) is 0 Å². The average molecular weight is 297 g/mol. The van der Waals surface area contributed by atoms with Crippen molar-refractivity contribution in [1.82, 2.24) is 4.90 Å². The molecule has 1 amide bonds. The van der Waals surface area contributed by atoms with Gasteiger partial charge in [0.1, 0.15) is 5.76 Å². The zero-order valence-corrected chi connectivity index (χ0v) is 13.6. The molecule has 0 aliphatic carbocycles. The molecule has 22 heavy (non-hydrogen) atoms. The van der Waals surface area contributed by atoms with Crippen LogP contribution in [0.1, 0.15) is 42.7 Å². The maximum absolute atomic E-state index is 13.2. The summed E-state index contributed by atoms with van der Waals surface area (Å²) >= 11 is 0. The van der Waals surface area contributed by atoms with Crippen LogP contribution >= 0.6 is 0 Å². The van der Waals surface area contributed by atoms with Crippen molar-refractivity contribution in [3.05, 3.63) is 59.0 Å². The van der Waals surface area contributed by atoms with Gasteiger partial charge in [-0.05, 0) is 44.4 Å². The molecule has 0 atom stereocenters. The van der Waals surface area contributed by atoms with Gasteiger partial charge in [-0.15, -0.1) is 0 Å². The first-order chi connectivity index (χ1) is 10.5. The summed E-state index contributed by atoms with van der Waals surface area (Å²) in [6.07, 6.45) is 3.60. The summed E-state index contributed by atoms with van der Waals surface area (Å²) in [5.41, 5.74) is 2.90. The second-order valence-corrected chi connectivity index (χ2v) is 6.64. The Balaban J connectivity index is 1.88. The van der Waals surface area contributed by atoms with Crippen molar-refractivity contribution < 1.29 is 9.21 Å². The van der Waals surface area contributed by atoms with Gasteiger partial charge < -0.3 is 9.32 Å². The predicted octanol–water partition coefficient (Wildman–Crippen LogP) is 3.84. The van der Waals surface area contributed by atoms with Crippen molar-refractivity contribution >= 4 is 5.91 Å². The van der Waals surface area contributed by atoms with Crippen LogP contribution in [0.5, 0.6) is 0 Å². The molecule has 3 nitrogen and oxygen atoms in total. The lowest BCUT2D eigenvalue weighted by Gasteiger charge is -2.32. The van der Waals surface area contributed by atoms with E-state index in [0.717, 1.165) is 36.3 Å². The van der Waals surface area contributed by atoms with Crippen LogP contribution in [0.4, 0.5) is 0 Å². The molecule has 1 aliphatic heterocycles. The van der Waals surface area contributed by atoms with Gasteiger partial charge in [-0.1, -0.05) is 24.3 Å². The van der Waals surface area contributed by atoms with E-state index in [4.69, 9.17) is 4.42 Å². The number of rotatable bonds is 2. The van der Waals surface area contributed by atoms with Gasteiger partial charge in [-0.25, -0.2) is 0 Å². The lowest BCUT2D eigenvalue weighted by Crippen LogP contribution is -2.43. The van der Waals surface area contributed by atoms with Crippen LogP contribution in [0.2, 0.25) is 0 Å². The fourth-order valence-electron chi connectivity index (χ4n) is 3.40. The smallest absolute Gasteiger partial charge is 0.232 e. The highest BCUT2D eigenvalue weighted by Crippen LogP contribution is 2.30. The fraction of sp³-hybridized carbons (Fsp3) is 0.421. The quantitative estimate of drug-likeness (QED) is 0.844. The molecule has 0 bridgehead atoms. The molecule has 1 aliphatic rings. The molecule has 0 radical (unpaired) electrons. The Morgan fingerprint density at radius 2 is 2.00 bits per heavy atom. The van der Waals surface area contributed by atoms with Gasteiger partial charge in [0, 0.05) is 25.1 Å². The van der Waals surface area contributed by atoms with Gasteiger partial charge in [0.05, 0.1) is 11.7 Å². The average Bonchev–Trinajstić information content (AvgIpc) is 2.84. The summed E-state index contributed by atoms with van der Waals surface area (Å²) in [5.74, 6) is 1.22.